The quantitative estimate of drug-likeness (QED) is 0.715. The van der Waals surface area contributed by atoms with Gasteiger partial charge < -0.3 is 4.74 Å². The molecule has 2 heteroatoms. The topological polar surface area (TPSA) is 9.23 Å². The number of hydrogen-bond acceptors (Lipinski definition) is 1. The first-order chi connectivity index (χ1) is 7.31. The molecule has 1 aliphatic carbocycles. The Bertz CT molecular complexity index is 382. The van der Waals surface area contributed by atoms with Crippen LogP contribution in [0.4, 0.5) is 4.39 Å². The summed E-state index contributed by atoms with van der Waals surface area (Å²) >= 11 is 0. The molecule has 2 rings (SSSR count). The van der Waals surface area contributed by atoms with Crippen molar-refractivity contribution in [2.24, 2.45) is 0 Å². The summed E-state index contributed by atoms with van der Waals surface area (Å²) in [5.41, 5.74) is 1.83. The molecule has 15 heavy (non-hydrogen) atoms. The fourth-order valence-corrected chi connectivity index (χ4v) is 1.96. The molecule has 0 unspecified atom stereocenters. The van der Waals surface area contributed by atoms with Gasteiger partial charge in [-0.1, -0.05) is 6.08 Å². The molecule has 0 N–H and O–H groups in total. The van der Waals surface area contributed by atoms with Gasteiger partial charge in [0.2, 0.25) is 0 Å². The maximum Gasteiger partial charge on any atom is 0.130 e. The number of allylic oxidation sites excluding steroid dienone is 2. The van der Waals surface area contributed by atoms with E-state index in [1.807, 2.05) is 0 Å². The van der Waals surface area contributed by atoms with Gasteiger partial charge in [0.1, 0.15) is 11.6 Å². The number of hydrogen-bond donors (Lipinski definition) is 0. The third-order valence-corrected chi connectivity index (χ3v) is 2.81. The van der Waals surface area contributed by atoms with Crippen molar-refractivity contribution < 1.29 is 9.13 Å². The van der Waals surface area contributed by atoms with Crippen LogP contribution in [0.2, 0.25) is 0 Å². The Morgan fingerprint density at radius 3 is 2.80 bits per heavy atom. The van der Waals surface area contributed by atoms with Crippen LogP contribution in [0.3, 0.4) is 0 Å². The molecule has 1 nitrogen and oxygen atoms in total. The van der Waals surface area contributed by atoms with Crippen LogP contribution in [-0.2, 0) is 0 Å². The number of halogens is 1. The van der Waals surface area contributed by atoms with Crippen LogP contribution in [0, 0.1) is 5.82 Å². The van der Waals surface area contributed by atoms with Crippen molar-refractivity contribution >= 4 is 5.57 Å². The number of benzene rings is 1. The zero-order chi connectivity index (χ0) is 10.7. The molecule has 0 radical (unpaired) electrons. The first-order valence-corrected chi connectivity index (χ1v) is 5.34. The van der Waals surface area contributed by atoms with Crippen molar-refractivity contribution in [3.63, 3.8) is 0 Å². The van der Waals surface area contributed by atoms with Crippen molar-refractivity contribution in [2.75, 3.05) is 7.11 Å². The minimum absolute atomic E-state index is 0.149. The van der Waals surface area contributed by atoms with E-state index in [0.717, 1.165) is 30.6 Å². The van der Waals surface area contributed by atoms with Gasteiger partial charge in [-0.15, -0.1) is 0 Å². The van der Waals surface area contributed by atoms with Crippen LogP contribution in [-0.4, -0.2) is 7.11 Å². The SMILES string of the molecule is COc1ccc(F)c(C2=CCCCC2)c1. The van der Waals surface area contributed by atoms with Gasteiger partial charge in [-0.2, -0.15) is 0 Å². The number of methoxy groups -OCH3 is 1. The molecule has 0 atom stereocenters. The Kier molecular flexibility index (Phi) is 3.05. The standard InChI is InChI=1S/C13H15FO/c1-15-11-7-8-13(14)12(9-11)10-5-3-2-4-6-10/h5,7-9H,2-4,6H2,1H3. The van der Waals surface area contributed by atoms with Gasteiger partial charge in [-0.05, 0) is 49.5 Å². The smallest absolute Gasteiger partial charge is 0.130 e. The van der Waals surface area contributed by atoms with Gasteiger partial charge in [-0.3, -0.25) is 0 Å². The monoisotopic (exact) mass is 206 g/mol. The molecule has 0 aliphatic heterocycles. The highest BCUT2D eigenvalue weighted by atomic mass is 19.1. The van der Waals surface area contributed by atoms with Crippen LogP contribution in [0.15, 0.2) is 24.3 Å². The van der Waals surface area contributed by atoms with Gasteiger partial charge >= 0.3 is 0 Å². The van der Waals surface area contributed by atoms with E-state index in [9.17, 15) is 4.39 Å². The fourth-order valence-electron chi connectivity index (χ4n) is 1.96. The summed E-state index contributed by atoms with van der Waals surface area (Å²) in [5.74, 6) is 0.571. The Balaban J connectivity index is 2.37. The summed E-state index contributed by atoms with van der Waals surface area (Å²) in [6.45, 7) is 0. The van der Waals surface area contributed by atoms with E-state index in [-0.39, 0.29) is 5.82 Å². The molecule has 1 aromatic carbocycles. The van der Waals surface area contributed by atoms with Gasteiger partial charge in [0.05, 0.1) is 7.11 Å². The van der Waals surface area contributed by atoms with Crippen molar-refractivity contribution in [1.82, 2.24) is 0 Å². The van der Waals surface area contributed by atoms with Crippen LogP contribution >= 0.6 is 0 Å². The molecule has 0 fully saturated rings. The van der Waals surface area contributed by atoms with Crippen LogP contribution in [0.1, 0.15) is 31.2 Å². The molecule has 0 bridgehead atoms. The average molecular weight is 206 g/mol. The van der Waals surface area contributed by atoms with Crippen LogP contribution in [0.5, 0.6) is 5.75 Å². The van der Waals surface area contributed by atoms with E-state index in [0.29, 0.717) is 5.56 Å². The Hall–Kier alpha value is -1.31. The number of rotatable bonds is 2. The predicted molar refractivity (Wildman–Crippen MR) is 59.4 cm³/mol. The molecular weight excluding hydrogens is 191 g/mol. The first-order valence-electron chi connectivity index (χ1n) is 5.34. The fraction of sp³-hybridized carbons (Fsp3) is 0.385. The second-order valence-electron chi connectivity index (χ2n) is 3.82. The van der Waals surface area contributed by atoms with Gasteiger partial charge in [-0.25, -0.2) is 4.39 Å². The molecule has 0 spiro atoms. The average Bonchev–Trinajstić information content (AvgIpc) is 2.31. The lowest BCUT2D eigenvalue weighted by Gasteiger charge is -2.14. The third kappa shape index (κ3) is 2.20. The molecule has 0 saturated carbocycles. The minimum atomic E-state index is -0.149. The summed E-state index contributed by atoms with van der Waals surface area (Å²) in [7, 11) is 1.60. The molecule has 0 aromatic heterocycles. The van der Waals surface area contributed by atoms with Crippen molar-refractivity contribution in [2.45, 2.75) is 25.7 Å². The van der Waals surface area contributed by atoms with E-state index in [1.54, 1.807) is 19.2 Å². The van der Waals surface area contributed by atoms with E-state index < -0.39 is 0 Å². The van der Waals surface area contributed by atoms with Crippen LogP contribution < -0.4 is 4.74 Å². The largest absolute Gasteiger partial charge is 0.497 e. The molecule has 80 valence electrons. The van der Waals surface area contributed by atoms with Crippen molar-refractivity contribution in [3.05, 3.63) is 35.7 Å². The van der Waals surface area contributed by atoms with E-state index in [2.05, 4.69) is 6.08 Å². The normalized spacial score (nSPS) is 16.0. The van der Waals surface area contributed by atoms with E-state index in [4.69, 9.17) is 4.74 Å². The lowest BCUT2D eigenvalue weighted by molar-refractivity contribution is 0.413. The first kappa shape index (κ1) is 10.2. The Morgan fingerprint density at radius 1 is 1.27 bits per heavy atom. The highest BCUT2D eigenvalue weighted by Gasteiger charge is 2.11. The van der Waals surface area contributed by atoms with Gasteiger partial charge in [0.15, 0.2) is 0 Å². The zero-order valence-corrected chi connectivity index (χ0v) is 8.92. The Labute approximate surface area is 89.6 Å². The van der Waals surface area contributed by atoms with E-state index >= 15 is 0 Å². The number of ether oxygens (including phenoxy) is 1. The third-order valence-electron chi connectivity index (χ3n) is 2.81. The second-order valence-corrected chi connectivity index (χ2v) is 3.82. The highest BCUT2D eigenvalue weighted by molar-refractivity contribution is 5.67. The zero-order valence-electron chi connectivity index (χ0n) is 8.92. The summed E-state index contributed by atoms with van der Waals surface area (Å²) in [4.78, 5) is 0. The molecule has 0 saturated heterocycles. The minimum Gasteiger partial charge on any atom is -0.497 e. The van der Waals surface area contributed by atoms with Gasteiger partial charge in [0.25, 0.3) is 0 Å². The Morgan fingerprint density at radius 2 is 2.13 bits per heavy atom. The van der Waals surface area contributed by atoms with Crippen molar-refractivity contribution in [3.8, 4) is 5.75 Å². The van der Waals surface area contributed by atoms with Crippen LogP contribution in [0.25, 0.3) is 5.57 Å². The lowest BCUT2D eigenvalue weighted by atomic mass is 9.93. The molecule has 1 aromatic rings. The maximum atomic E-state index is 13.6. The maximum absolute atomic E-state index is 13.6. The van der Waals surface area contributed by atoms with E-state index in [1.165, 1.54) is 12.5 Å². The lowest BCUT2D eigenvalue weighted by Crippen LogP contribution is -1.96. The predicted octanol–water partition coefficient (Wildman–Crippen LogP) is 3.79. The summed E-state index contributed by atoms with van der Waals surface area (Å²) in [5, 5.41) is 0. The summed E-state index contributed by atoms with van der Waals surface area (Å²) < 4.78 is 18.7. The molecule has 0 heterocycles. The highest BCUT2D eigenvalue weighted by Crippen LogP contribution is 2.30. The molecule has 0 amide bonds. The molecular formula is C13H15FO. The summed E-state index contributed by atoms with van der Waals surface area (Å²) in [6, 6.07) is 4.91. The van der Waals surface area contributed by atoms with Gasteiger partial charge in [0, 0.05) is 5.56 Å². The molecule has 1 aliphatic rings. The second kappa shape index (κ2) is 4.47. The van der Waals surface area contributed by atoms with Crippen molar-refractivity contribution in [1.29, 1.82) is 0 Å². The summed E-state index contributed by atoms with van der Waals surface area (Å²) in [6.07, 6.45) is 6.55.